The Morgan fingerprint density at radius 1 is 0.895 bits per heavy atom. The molecule has 19 heavy (non-hydrogen) atoms. The molecule has 2 unspecified atom stereocenters. The van der Waals surface area contributed by atoms with Crippen molar-refractivity contribution in [2.45, 2.75) is 56.7 Å². The van der Waals surface area contributed by atoms with Crippen LogP contribution in [0.2, 0.25) is 0 Å². The summed E-state index contributed by atoms with van der Waals surface area (Å²) in [6.07, 6.45) is 3.30. The number of esters is 2. The van der Waals surface area contributed by atoms with Gasteiger partial charge in [0.25, 0.3) is 0 Å². The smallest absolute Gasteiger partial charge is 0.324 e. The van der Waals surface area contributed by atoms with E-state index in [4.69, 9.17) is 32.7 Å². The van der Waals surface area contributed by atoms with Gasteiger partial charge >= 0.3 is 11.9 Å². The molecule has 0 saturated heterocycles. The summed E-state index contributed by atoms with van der Waals surface area (Å²) in [5.74, 6) is -0.841. The van der Waals surface area contributed by atoms with E-state index in [0.717, 1.165) is 12.8 Å². The van der Waals surface area contributed by atoms with Crippen LogP contribution in [0.25, 0.3) is 0 Å². The van der Waals surface area contributed by atoms with Crippen LogP contribution in [0.4, 0.5) is 0 Å². The molecule has 2 atom stereocenters. The highest BCUT2D eigenvalue weighted by atomic mass is 35.5. The van der Waals surface area contributed by atoms with Gasteiger partial charge in [0.15, 0.2) is 0 Å². The van der Waals surface area contributed by atoms with Crippen LogP contribution in [0.15, 0.2) is 0 Å². The third-order valence-corrected chi connectivity index (χ3v) is 3.17. The Morgan fingerprint density at radius 3 is 1.58 bits per heavy atom. The van der Waals surface area contributed by atoms with Crippen molar-refractivity contribution in [2.24, 2.45) is 0 Å². The van der Waals surface area contributed by atoms with Gasteiger partial charge in [0.1, 0.15) is 10.8 Å². The molecule has 0 aliphatic heterocycles. The highest BCUT2D eigenvalue weighted by Crippen LogP contribution is 2.08. The number of rotatable bonds is 10. The Labute approximate surface area is 124 Å². The minimum Gasteiger partial charge on any atom is -0.464 e. The van der Waals surface area contributed by atoms with Crippen molar-refractivity contribution < 1.29 is 19.1 Å². The summed E-state index contributed by atoms with van der Waals surface area (Å²) in [7, 11) is 0. The van der Waals surface area contributed by atoms with E-state index < -0.39 is 22.7 Å². The summed E-state index contributed by atoms with van der Waals surface area (Å²) in [5.41, 5.74) is 0. The van der Waals surface area contributed by atoms with Crippen molar-refractivity contribution in [3.8, 4) is 0 Å². The molecule has 0 fully saturated rings. The normalized spacial score (nSPS) is 13.7. The second kappa shape index (κ2) is 11.4. The van der Waals surface area contributed by atoms with Gasteiger partial charge in [-0.3, -0.25) is 9.59 Å². The van der Waals surface area contributed by atoms with Crippen molar-refractivity contribution in [3.05, 3.63) is 0 Å². The summed E-state index contributed by atoms with van der Waals surface area (Å²) >= 11 is 11.6. The summed E-state index contributed by atoms with van der Waals surface area (Å²) in [5, 5.41) is -1.19. The summed E-state index contributed by atoms with van der Waals surface area (Å²) in [6.45, 7) is 4.28. The third-order valence-electron chi connectivity index (χ3n) is 2.37. The largest absolute Gasteiger partial charge is 0.464 e. The lowest BCUT2D eigenvalue weighted by molar-refractivity contribution is -0.145. The van der Waals surface area contributed by atoms with Crippen molar-refractivity contribution in [2.75, 3.05) is 13.2 Å². The molecule has 4 nitrogen and oxygen atoms in total. The van der Waals surface area contributed by atoms with E-state index >= 15 is 0 Å². The molecule has 0 aromatic rings. The molecular weight excluding hydrogens is 291 g/mol. The molecule has 0 aromatic carbocycles. The maximum atomic E-state index is 11.3. The molecule has 0 aliphatic rings. The molecule has 0 aliphatic carbocycles. The molecule has 0 amide bonds. The fourth-order valence-electron chi connectivity index (χ4n) is 1.33. The first-order valence-electron chi connectivity index (χ1n) is 6.64. The maximum absolute atomic E-state index is 11.3. The van der Waals surface area contributed by atoms with Crippen molar-refractivity contribution >= 4 is 35.1 Å². The Balaban J connectivity index is 3.59. The lowest BCUT2D eigenvalue weighted by Crippen LogP contribution is -2.21. The number of halogens is 2. The van der Waals surface area contributed by atoms with Gasteiger partial charge < -0.3 is 9.47 Å². The first-order valence-corrected chi connectivity index (χ1v) is 7.51. The van der Waals surface area contributed by atoms with E-state index in [1.165, 1.54) is 0 Å². The molecule has 0 radical (unpaired) electrons. The maximum Gasteiger partial charge on any atom is 0.324 e. The lowest BCUT2D eigenvalue weighted by atomic mass is 10.2. The molecule has 0 saturated carbocycles. The first-order chi connectivity index (χ1) is 9.02. The summed E-state index contributed by atoms with van der Waals surface area (Å²) < 4.78 is 9.90. The number of carbonyl (C=O) groups is 2. The number of carbonyl (C=O) groups excluding carboxylic acids is 2. The van der Waals surface area contributed by atoms with Crippen molar-refractivity contribution in [1.29, 1.82) is 0 Å². The van der Waals surface area contributed by atoms with Gasteiger partial charge in [0.05, 0.1) is 13.2 Å². The molecule has 0 N–H and O–H groups in total. The molecule has 0 bridgehead atoms. The van der Waals surface area contributed by atoms with E-state index in [0.29, 0.717) is 19.3 Å². The molecular formula is C13H22Cl2O4. The van der Waals surface area contributed by atoms with E-state index in [1.54, 1.807) is 0 Å². The second-order valence-electron chi connectivity index (χ2n) is 4.20. The van der Waals surface area contributed by atoms with Gasteiger partial charge in [-0.25, -0.2) is 0 Å². The standard InChI is InChI=1S/C13H22Cl2O4/c1-3-6-10(14)12(16)18-8-5-9-19-13(17)11(15)7-4-2/h10-11H,3-9H2,1-2H3. The quantitative estimate of drug-likeness (QED) is 0.353. The van der Waals surface area contributed by atoms with Crippen LogP contribution in [0.5, 0.6) is 0 Å². The van der Waals surface area contributed by atoms with E-state index in [-0.39, 0.29) is 13.2 Å². The molecule has 112 valence electrons. The Hall–Kier alpha value is -0.480. The summed E-state index contributed by atoms with van der Waals surface area (Å²) in [6, 6.07) is 0. The predicted molar refractivity (Wildman–Crippen MR) is 75.6 cm³/mol. The van der Waals surface area contributed by atoms with Crippen LogP contribution in [0.1, 0.15) is 46.0 Å². The zero-order valence-electron chi connectivity index (χ0n) is 11.5. The summed E-state index contributed by atoms with van der Waals surface area (Å²) in [4.78, 5) is 22.7. The fraction of sp³-hybridized carbons (Fsp3) is 0.846. The Bertz CT molecular complexity index is 245. The highest BCUT2D eigenvalue weighted by Gasteiger charge is 2.17. The zero-order chi connectivity index (χ0) is 14.7. The fourth-order valence-corrected chi connectivity index (χ4v) is 1.89. The minimum atomic E-state index is -0.593. The van der Waals surface area contributed by atoms with Crippen LogP contribution >= 0.6 is 23.2 Å². The SMILES string of the molecule is CCCC(Cl)C(=O)OCCCOC(=O)C(Cl)CCC. The average Bonchev–Trinajstić information content (AvgIpc) is 2.38. The predicted octanol–water partition coefficient (Wildman–Crippen LogP) is 3.28. The Kier molecular flexibility index (Phi) is 11.1. The number of hydrogen-bond donors (Lipinski definition) is 0. The number of ether oxygens (including phenoxy) is 2. The van der Waals surface area contributed by atoms with Crippen LogP contribution in [-0.2, 0) is 19.1 Å². The van der Waals surface area contributed by atoms with Crippen LogP contribution in [0.3, 0.4) is 0 Å². The molecule has 6 heteroatoms. The van der Waals surface area contributed by atoms with Crippen LogP contribution in [-0.4, -0.2) is 35.9 Å². The monoisotopic (exact) mass is 312 g/mol. The van der Waals surface area contributed by atoms with Crippen molar-refractivity contribution in [1.82, 2.24) is 0 Å². The van der Waals surface area contributed by atoms with Gasteiger partial charge in [0, 0.05) is 6.42 Å². The minimum absolute atomic E-state index is 0.194. The zero-order valence-corrected chi connectivity index (χ0v) is 13.0. The topological polar surface area (TPSA) is 52.6 Å². The van der Waals surface area contributed by atoms with E-state index in [9.17, 15) is 9.59 Å². The van der Waals surface area contributed by atoms with Gasteiger partial charge in [-0.05, 0) is 12.8 Å². The van der Waals surface area contributed by atoms with Gasteiger partial charge in [-0.1, -0.05) is 26.7 Å². The molecule has 0 heterocycles. The average molecular weight is 313 g/mol. The molecule has 0 spiro atoms. The van der Waals surface area contributed by atoms with Gasteiger partial charge in [-0.2, -0.15) is 0 Å². The molecule has 0 aromatic heterocycles. The van der Waals surface area contributed by atoms with Crippen LogP contribution in [0, 0.1) is 0 Å². The number of hydrogen-bond acceptors (Lipinski definition) is 4. The second-order valence-corrected chi connectivity index (χ2v) is 5.25. The number of alkyl halides is 2. The van der Waals surface area contributed by atoms with Gasteiger partial charge in [-0.15, -0.1) is 23.2 Å². The molecule has 0 rings (SSSR count). The third kappa shape index (κ3) is 9.11. The Morgan fingerprint density at radius 2 is 1.26 bits per heavy atom. The van der Waals surface area contributed by atoms with Gasteiger partial charge in [0.2, 0.25) is 0 Å². The lowest BCUT2D eigenvalue weighted by Gasteiger charge is -2.10. The van der Waals surface area contributed by atoms with E-state index in [1.807, 2.05) is 13.8 Å². The first kappa shape index (κ1) is 18.5. The van der Waals surface area contributed by atoms with Crippen LogP contribution < -0.4 is 0 Å². The highest BCUT2D eigenvalue weighted by molar-refractivity contribution is 6.30. The van der Waals surface area contributed by atoms with Crippen molar-refractivity contribution in [3.63, 3.8) is 0 Å². The van der Waals surface area contributed by atoms with E-state index in [2.05, 4.69) is 0 Å².